The molecule has 9 heteroatoms. The fourth-order valence-electron chi connectivity index (χ4n) is 2.91. The molecule has 2 aromatic carbocycles. The second kappa shape index (κ2) is 10.1. The molecule has 9 nitrogen and oxygen atoms in total. The van der Waals surface area contributed by atoms with Gasteiger partial charge in [0.15, 0.2) is 23.0 Å². The maximum Gasteiger partial charge on any atom is 0.291 e. The van der Waals surface area contributed by atoms with Gasteiger partial charge in [-0.25, -0.2) is 0 Å². The molecule has 0 aliphatic rings. The summed E-state index contributed by atoms with van der Waals surface area (Å²) in [5, 5.41) is 3.74. The van der Waals surface area contributed by atoms with Crippen molar-refractivity contribution in [1.29, 1.82) is 0 Å². The van der Waals surface area contributed by atoms with Gasteiger partial charge in [-0.1, -0.05) is 35.5 Å². The first-order valence-corrected chi connectivity index (χ1v) is 9.46. The number of carbonyl (C=O) groups excluding carboxylic acids is 2. The van der Waals surface area contributed by atoms with E-state index in [4.69, 9.17) is 18.7 Å². The zero-order valence-electron chi connectivity index (χ0n) is 17.4. The van der Waals surface area contributed by atoms with Gasteiger partial charge >= 0.3 is 0 Å². The summed E-state index contributed by atoms with van der Waals surface area (Å²) in [4.78, 5) is 24.4. The molecular formula is C22H23N3O6. The number of benzene rings is 2. The number of hydrogen-bond acceptors (Lipinski definition) is 7. The summed E-state index contributed by atoms with van der Waals surface area (Å²) in [5.41, 5.74) is 6.38. The van der Waals surface area contributed by atoms with Gasteiger partial charge in [0.05, 0.1) is 21.3 Å². The van der Waals surface area contributed by atoms with Gasteiger partial charge in [-0.05, 0) is 24.1 Å². The van der Waals surface area contributed by atoms with Gasteiger partial charge in [0.25, 0.3) is 5.91 Å². The summed E-state index contributed by atoms with van der Waals surface area (Å²) < 4.78 is 21.1. The first-order valence-electron chi connectivity index (χ1n) is 9.46. The maximum atomic E-state index is 12.2. The monoisotopic (exact) mass is 425 g/mol. The van der Waals surface area contributed by atoms with Crippen LogP contribution in [0.3, 0.4) is 0 Å². The standard InChI is InChI=1S/C22H23N3O6/c1-28-18-11-14(12-19(29-2)21(18)30-3)9-10-20(26)23-24-22(27)16-13-17(31-25-16)15-7-5-4-6-8-15/h4-8,11-13H,9-10H2,1-3H3,(H,23,26)(H,24,27). The zero-order valence-corrected chi connectivity index (χ0v) is 17.4. The Labute approximate surface area is 179 Å². The quantitative estimate of drug-likeness (QED) is 0.534. The van der Waals surface area contributed by atoms with E-state index in [0.717, 1.165) is 11.1 Å². The van der Waals surface area contributed by atoms with E-state index in [1.807, 2.05) is 30.3 Å². The Hall–Kier alpha value is -4.01. The number of nitrogens with zero attached hydrogens (tertiary/aromatic N) is 1. The van der Waals surface area contributed by atoms with Crippen molar-refractivity contribution in [1.82, 2.24) is 16.0 Å². The maximum absolute atomic E-state index is 12.2. The molecule has 2 N–H and O–H groups in total. The van der Waals surface area contributed by atoms with Crippen LogP contribution in [0.1, 0.15) is 22.5 Å². The molecule has 0 saturated carbocycles. The number of hydrogen-bond donors (Lipinski definition) is 2. The van der Waals surface area contributed by atoms with Crippen molar-refractivity contribution >= 4 is 11.8 Å². The van der Waals surface area contributed by atoms with Crippen LogP contribution < -0.4 is 25.1 Å². The molecule has 0 atom stereocenters. The number of amides is 2. The molecule has 2 amide bonds. The molecule has 1 aromatic heterocycles. The molecule has 0 spiro atoms. The lowest BCUT2D eigenvalue weighted by atomic mass is 10.1. The summed E-state index contributed by atoms with van der Waals surface area (Å²) in [6.45, 7) is 0. The van der Waals surface area contributed by atoms with E-state index in [2.05, 4.69) is 16.0 Å². The third-order valence-electron chi connectivity index (χ3n) is 4.48. The van der Waals surface area contributed by atoms with Crippen LogP contribution in [0, 0.1) is 0 Å². The van der Waals surface area contributed by atoms with Gasteiger partial charge < -0.3 is 18.7 Å². The molecule has 0 saturated heterocycles. The van der Waals surface area contributed by atoms with E-state index in [9.17, 15) is 9.59 Å². The molecule has 0 bridgehead atoms. The number of nitrogens with one attached hydrogen (secondary N) is 2. The topological polar surface area (TPSA) is 112 Å². The third kappa shape index (κ3) is 5.33. The van der Waals surface area contributed by atoms with Gasteiger partial charge in [0, 0.05) is 18.1 Å². The normalized spacial score (nSPS) is 10.3. The van der Waals surface area contributed by atoms with Crippen molar-refractivity contribution < 1.29 is 28.3 Å². The van der Waals surface area contributed by atoms with Gasteiger partial charge in [0.1, 0.15) is 0 Å². The second-order valence-corrected chi connectivity index (χ2v) is 6.48. The average Bonchev–Trinajstić information content (AvgIpc) is 3.31. The summed E-state index contributed by atoms with van der Waals surface area (Å²) in [6, 6.07) is 14.3. The Morgan fingerprint density at radius 3 is 2.23 bits per heavy atom. The molecule has 0 unspecified atom stereocenters. The molecule has 3 rings (SSSR count). The van der Waals surface area contributed by atoms with E-state index in [-0.39, 0.29) is 18.0 Å². The minimum atomic E-state index is -0.577. The fourth-order valence-corrected chi connectivity index (χ4v) is 2.91. The summed E-state index contributed by atoms with van der Waals surface area (Å²) in [6.07, 6.45) is 0.535. The molecule has 0 fully saturated rings. The average molecular weight is 425 g/mol. The largest absolute Gasteiger partial charge is 0.493 e. The number of ether oxygens (including phenoxy) is 3. The molecule has 0 aliphatic carbocycles. The third-order valence-corrected chi connectivity index (χ3v) is 4.48. The first-order chi connectivity index (χ1) is 15.0. The fraction of sp³-hybridized carbons (Fsp3) is 0.227. The Balaban J connectivity index is 1.54. The van der Waals surface area contributed by atoms with Crippen LogP contribution in [-0.4, -0.2) is 38.3 Å². The predicted octanol–water partition coefficient (Wildman–Crippen LogP) is 2.76. The van der Waals surface area contributed by atoms with Crippen molar-refractivity contribution in [2.24, 2.45) is 0 Å². The number of carbonyl (C=O) groups is 2. The van der Waals surface area contributed by atoms with E-state index >= 15 is 0 Å². The number of rotatable bonds is 8. The minimum absolute atomic E-state index is 0.0591. The zero-order chi connectivity index (χ0) is 22.2. The van der Waals surface area contributed by atoms with E-state index in [0.29, 0.717) is 29.4 Å². The van der Waals surface area contributed by atoms with Gasteiger partial charge in [-0.2, -0.15) is 0 Å². The van der Waals surface area contributed by atoms with Crippen LogP contribution in [0.25, 0.3) is 11.3 Å². The first kappa shape index (κ1) is 21.7. The highest BCUT2D eigenvalue weighted by molar-refractivity contribution is 5.94. The highest BCUT2D eigenvalue weighted by Gasteiger charge is 2.16. The highest BCUT2D eigenvalue weighted by Crippen LogP contribution is 2.38. The number of aryl methyl sites for hydroxylation is 1. The van der Waals surface area contributed by atoms with Crippen LogP contribution in [0.2, 0.25) is 0 Å². The lowest BCUT2D eigenvalue weighted by Crippen LogP contribution is -2.41. The summed E-state index contributed by atoms with van der Waals surface area (Å²) in [7, 11) is 4.57. The van der Waals surface area contributed by atoms with Crippen molar-refractivity contribution in [3.8, 4) is 28.6 Å². The predicted molar refractivity (Wildman–Crippen MR) is 112 cm³/mol. The SMILES string of the molecule is COc1cc(CCC(=O)NNC(=O)c2cc(-c3ccccc3)on2)cc(OC)c1OC. The number of methoxy groups -OCH3 is 3. The van der Waals surface area contributed by atoms with Crippen LogP contribution >= 0.6 is 0 Å². The van der Waals surface area contributed by atoms with Crippen LogP contribution in [-0.2, 0) is 11.2 Å². The lowest BCUT2D eigenvalue weighted by molar-refractivity contribution is -0.121. The molecule has 162 valence electrons. The molecule has 0 radical (unpaired) electrons. The minimum Gasteiger partial charge on any atom is -0.493 e. The van der Waals surface area contributed by atoms with Gasteiger partial charge in [-0.3, -0.25) is 20.4 Å². The molecule has 3 aromatic rings. The van der Waals surface area contributed by atoms with E-state index in [1.54, 1.807) is 12.1 Å². The molecule has 1 heterocycles. The molecule has 31 heavy (non-hydrogen) atoms. The Morgan fingerprint density at radius 2 is 1.61 bits per heavy atom. The van der Waals surface area contributed by atoms with Crippen molar-refractivity contribution in [2.75, 3.05) is 21.3 Å². The Bertz CT molecular complexity index is 1020. The second-order valence-electron chi connectivity index (χ2n) is 6.48. The van der Waals surface area contributed by atoms with Crippen LogP contribution in [0.15, 0.2) is 53.1 Å². The molecular weight excluding hydrogens is 402 g/mol. The number of aromatic nitrogens is 1. The Morgan fingerprint density at radius 1 is 0.935 bits per heavy atom. The van der Waals surface area contributed by atoms with E-state index in [1.165, 1.54) is 27.4 Å². The molecule has 0 aliphatic heterocycles. The van der Waals surface area contributed by atoms with Crippen LogP contribution in [0.4, 0.5) is 0 Å². The van der Waals surface area contributed by atoms with Gasteiger partial charge in [-0.15, -0.1) is 0 Å². The van der Waals surface area contributed by atoms with Crippen LogP contribution in [0.5, 0.6) is 17.2 Å². The lowest BCUT2D eigenvalue weighted by Gasteiger charge is -2.14. The van der Waals surface area contributed by atoms with Crippen molar-refractivity contribution in [3.05, 3.63) is 59.8 Å². The summed E-state index contributed by atoms with van der Waals surface area (Å²) >= 11 is 0. The smallest absolute Gasteiger partial charge is 0.291 e. The van der Waals surface area contributed by atoms with E-state index < -0.39 is 5.91 Å². The Kier molecular flexibility index (Phi) is 7.10. The van der Waals surface area contributed by atoms with Gasteiger partial charge in [0.2, 0.25) is 11.7 Å². The van der Waals surface area contributed by atoms with Crippen molar-refractivity contribution in [2.45, 2.75) is 12.8 Å². The van der Waals surface area contributed by atoms with Crippen molar-refractivity contribution in [3.63, 3.8) is 0 Å². The summed E-state index contributed by atoms with van der Waals surface area (Å²) in [5.74, 6) is 1.00. The highest BCUT2D eigenvalue weighted by atomic mass is 16.5. The number of hydrazine groups is 1.